The van der Waals surface area contributed by atoms with Gasteiger partial charge in [-0.15, -0.1) is 0 Å². The first-order valence-electron chi connectivity index (χ1n) is 6.47. The average molecular weight is 327 g/mol. The number of benzene rings is 1. The standard InChI is InChI=1S/C13H19BrN4O/c14-11-1-3-12(4-2-11)17-13(19)16-7-10-18-8-5-15-6-9-18/h1-4,15H,5-10H2,(H2,16,17,19). The van der Waals surface area contributed by atoms with Crippen molar-refractivity contribution in [2.75, 3.05) is 44.6 Å². The van der Waals surface area contributed by atoms with E-state index in [0.29, 0.717) is 6.54 Å². The molecule has 1 fully saturated rings. The van der Waals surface area contributed by atoms with E-state index in [4.69, 9.17) is 0 Å². The summed E-state index contributed by atoms with van der Waals surface area (Å²) < 4.78 is 0.997. The smallest absolute Gasteiger partial charge is 0.319 e. The summed E-state index contributed by atoms with van der Waals surface area (Å²) >= 11 is 3.36. The van der Waals surface area contributed by atoms with Crippen molar-refractivity contribution in [1.29, 1.82) is 0 Å². The summed E-state index contributed by atoms with van der Waals surface area (Å²) in [5.74, 6) is 0. The molecule has 0 radical (unpaired) electrons. The van der Waals surface area contributed by atoms with Gasteiger partial charge in [0.25, 0.3) is 0 Å². The fourth-order valence-electron chi connectivity index (χ4n) is 1.97. The van der Waals surface area contributed by atoms with E-state index in [1.54, 1.807) is 0 Å². The normalized spacial score (nSPS) is 16.1. The topological polar surface area (TPSA) is 56.4 Å². The highest BCUT2D eigenvalue weighted by Gasteiger charge is 2.09. The first-order chi connectivity index (χ1) is 9.24. The molecule has 5 nitrogen and oxygen atoms in total. The molecule has 0 atom stereocenters. The SMILES string of the molecule is O=C(NCCN1CCNCC1)Nc1ccc(Br)cc1. The number of halogens is 1. The van der Waals surface area contributed by atoms with Crippen LogP contribution in [0.25, 0.3) is 0 Å². The summed E-state index contributed by atoms with van der Waals surface area (Å²) in [4.78, 5) is 14.0. The van der Waals surface area contributed by atoms with Gasteiger partial charge in [-0.3, -0.25) is 4.90 Å². The van der Waals surface area contributed by atoms with E-state index in [-0.39, 0.29) is 6.03 Å². The van der Waals surface area contributed by atoms with Crippen LogP contribution in [-0.4, -0.2) is 50.2 Å². The van der Waals surface area contributed by atoms with Gasteiger partial charge in [0.2, 0.25) is 0 Å². The van der Waals surface area contributed by atoms with Gasteiger partial charge in [0.15, 0.2) is 0 Å². The van der Waals surface area contributed by atoms with Crippen LogP contribution in [0.4, 0.5) is 10.5 Å². The molecule has 2 amide bonds. The lowest BCUT2D eigenvalue weighted by atomic mass is 10.3. The zero-order valence-corrected chi connectivity index (χ0v) is 12.4. The Morgan fingerprint density at radius 3 is 2.63 bits per heavy atom. The molecule has 19 heavy (non-hydrogen) atoms. The molecule has 0 bridgehead atoms. The number of piperazine rings is 1. The third kappa shape index (κ3) is 5.18. The minimum atomic E-state index is -0.155. The van der Waals surface area contributed by atoms with Crippen molar-refractivity contribution in [3.05, 3.63) is 28.7 Å². The molecule has 1 aliphatic rings. The maximum atomic E-state index is 11.7. The molecule has 6 heteroatoms. The van der Waals surface area contributed by atoms with Crippen LogP contribution in [0.5, 0.6) is 0 Å². The summed E-state index contributed by atoms with van der Waals surface area (Å²) in [6.07, 6.45) is 0. The van der Waals surface area contributed by atoms with Gasteiger partial charge in [0.05, 0.1) is 0 Å². The predicted molar refractivity (Wildman–Crippen MR) is 80.5 cm³/mol. The van der Waals surface area contributed by atoms with Crippen LogP contribution in [0, 0.1) is 0 Å². The van der Waals surface area contributed by atoms with Crippen molar-refractivity contribution in [3.8, 4) is 0 Å². The van der Waals surface area contributed by atoms with Crippen molar-refractivity contribution in [2.45, 2.75) is 0 Å². The lowest BCUT2D eigenvalue weighted by molar-refractivity contribution is 0.233. The third-order valence-electron chi connectivity index (χ3n) is 3.03. The van der Waals surface area contributed by atoms with Crippen LogP contribution >= 0.6 is 15.9 Å². The maximum absolute atomic E-state index is 11.7. The summed E-state index contributed by atoms with van der Waals surface area (Å²) in [5.41, 5.74) is 0.794. The van der Waals surface area contributed by atoms with Crippen LogP contribution in [0.2, 0.25) is 0 Å². The number of urea groups is 1. The Morgan fingerprint density at radius 1 is 1.26 bits per heavy atom. The molecule has 1 saturated heterocycles. The number of nitrogens with one attached hydrogen (secondary N) is 3. The predicted octanol–water partition coefficient (Wildman–Crippen LogP) is 1.48. The van der Waals surface area contributed by atoms with Gasteiger partial charge in [-0.05, 0) is 24.3 Å². The Labute approximate surface area is 121 Å². The number of carbonyl (C=O) groups is 1. The van der Waals surface area contributed by atoms with Gasteiger partial charge in [-0.2, -0.15) is 0 Å². The highest BCUT2D eigenvalue weighted by atomic mass is 79.9. The molecule has 1 heterocycles. The fraction of sp³-hybridized carbons (Fsp3) is 0.462. The molecule has 0 saturated carbocycles. The number of amides is 2. The summed E-state index contributed by atoms with van der Waals surface area (Å²) in [5, 5.41) is 8.98. The number of rotatable bonds is 4. The second-order valence-electron chi connectivity index (χ2n) is 4.48. The number of nitrogens with zero attached hydrogens (tertiary/aromatic N) is 1. The minimum absolute atomic E-state index is 0.155. The van der Waals surface area contributed by atoms with Gasteiger partial charge in [-0.1, -0.05) is 15.9 Å². The minimum Gasteiger partial charge on any atom is -0.337 e. The van der Waals surface area contributed by atoms with Gasteiger partial charge in [0, 0.05) is 49.4 Å². The number of anilines is 1. The Balaban J connectivity index is 1.65. The molecule has 1 aromatic carbocycles. The Bertz CT molecular complexity index is 404. The molecule has 3 N–H and O–H groups in total. The molecular weight excluding hydrogens is 308 g/mol. The van der Waals surface area contributed by atoms with Crippen LogP contribution in [0.15, 0.2) is 28.7 Å². The van der Waals surface area contributed by atoms with E-state index in [2.05, 4.69) is 36.8 Å². The Hall–Kier alpha value is -1.11. The van der Waals surface area contributed by atoms with Crippen LogP contribution < -0.4 is 16.0 Å². The van der Waals surface area contributed by atoms with Crippen LogP contribution in [0.1, 0.15) is 0 Å². The summed E-state index contributed by atoms with van der Waals surface area (Å²) in [7, 11) is 0. The van der Waals surface area contributed by atoms with Gasteiger partial charge in [-0.25, -0.2) is 4.79 Å². The van der Waals surface area contributed by atoms with E-state index in [1.807, 2.05) is 24.3 Å². The van der Waals surface area contributed by atoms with Crippen LogP contribution in [0.3, 0.4) is 0 Å². The molecule has 0 spiro atoms. The fourth-order valence-corrected chi connectivity index (χ4v) is 2.24. The van der Waals surface area contributed by atoms with Gasteiger partial charge < -0.3 is 16.0 Å². The second kappa shape index (κ2) is 7.47. The van der Waals surface area contributed by atoms with E-state index in [9.17, 15) is 4.79 Å². The third-order valence-corrected chi connectivity index (χ3v) is 3.55. The van der Waals surface area contributed by atoms with Gasteiger partial charge in [0.1, 0.15) is 0 Å². The molecule has 0 unspecified atom stereocenters. The Morgan fingerprint density at radius 2 is 1.95 bits per heavy atom. The summed E-state index contributed by atoms with van der Waals surface area (Å²) in [6, 6.07) is 7.37. The molecule has 0 aliphatic carbocycles. The average Bonchev–Trinajstić information content (AvgIpc) is 2.43. The highest BCUT2D eigenvalue weighted by molar-refractivity contribution is 9.10. The van der Waals surface area contributed by atoms with E-state index in [0.717, 1.165) is 42.9 Å². The maximum Gasteiger partial charge on any atom is 0.319 e. The largest absolute Gasteiger partial charge is 0.337 e. The first kappa shape index (κ1) is 14.3. The zero-order valence-electron chi connectivity index (χ0n) is 10.8. The molecule has 1 aliphatic heterocycles. The second-order valence-corrected chi connectivity index (χ2v) is 5.40. The van der Waals surface area contributed by atoms with E-state index >= 15 is 0 Å². The van der Waals surface area contributed by atoms with Gasteiger partial charge >= 0.3 is 6.03 Å². The molecule has 1 aromatic rings. The molecular formula is C13H19BrN4O. The Kier molecular flexibility index (Phi) is 5.62. The number of carbonyl (C=O) groups excluding carboxylic acids is 1. The quantitative estimate of drug-likeness (QED) is 0.785. The van der Waals surface area contributed by atoms with Crippen molar-refractivity contribution in [3.63, 3.8) is 0 Å². The van der Waals surface area contributed by atoms with Crippen molar-refractivity contribution in [2.24, 2.45) is 0 Å². The zero-order chi connectivity index (χ0) is 13.5. The number of hydrogen-bond donors (Lipinski definition) is 3. The molecule has 2 rings (SSSR count). The summed E-state index contributed by atoms with van der Waals surface area (Å²) in [6.45, 7) is 5.74. The van der Waals surface area contributed by atoms with Crippen molar-refractivity contribution >= 4 is 27.6 Å². The van der Waals surface area contributed by atoms with E-state index in [1.165, 1.54) is 0 Å². The lowest BCUT2D eigenvalue weighted by Gasteiger charge is -2.27. The van der Waals surface area contributed by atoms with Crippen LogP contribution in [-0.2, 0) is 0 Å². The van der Waals surface area contributed by atoms with Crippen molar-refractivity contribution < 1.29 is 4.79 Å². The van der Waals surface area contributed by atoms with E-state index < -0.39 is 0 Å². The molecule has 0 aromatic heterocycles. The lowest BCUT2D eigenvalue weighted by Crippen LogP contribution is -2.46. The highest BCUT2D eigenvalue weighted by Crippen LogP contribution is 2.13. The first-order valence-corrected chi connectivity index (χ1v) is 7.27. The monoisotopic (exact) mass is 326 g/mol. The van der Waals surface area contributed by atoms with Crippen molar-refractivity contribution in [1.82, 2.24) is 15.5 Å². The molecule has 104 valence electrons. The number of hydrogen-bond acceptors (Lipinski definition) is 3.